The fourth-order valence-corrected chi connectivity index (χ4v) is 3.14. The molecule has 3 nitrogen and oxygen atoms in total. The first-order valence-corrected chi connectivity index (χ1v) is 8.29. The molecule has 1 saturated carbocycles. The van der Waals surface area contributed by atoms with E-state index >= 15 is 0 Å². The number of nitrogens with one attached hydrogen (secondary N) is 1. The summed E-state index contributed by atoms with van der Waals surface area (Å²) in [4.78, 5) is 12.3. The molecule has 0 aromatic heterocycles. The van der Waals surface area contributed by atoms with Gasteiger partial charge in [-0.2, -0.15) is 0 Å². The van der Waals surface area contributed by atoms with Crippen LogP contribution in [0.2, 0.25) is 10.0 Å². The first-order valence-electron chi connectivity index (χ1n) is 7.53. The van der Waals surface area contributed by atoms with Crippen LogP contribution < -0.4 is 10.1 Å². The van der Waals surface area contributed by atoms with E-state index in [1.54, 1.807) is 18.2 Å². The molecule has 0 atom stereocenters. The quantitative estimate of drug-likeness (QED) is 0.858. The van der Waals surface area contributed by atoms with Crippen molar-refractivity contribution in [1.82, 2.24) is 5.32 Å². The normalized spacial score (nSPS) is 15.6. The second-order valence-electron chi connectivity index (χ2n) is 5.71. The van der Waals surface area contributed by atoms with Crippen molar-refractivity contribution in [3.05, 3.63) is 64.1 Å². The van der Waals surface area contributed by atoms with E-state index in [0.717, 1.165) is 24.8 Å². The number of hydrogen-bond acceptors (Lipinski definition) is 2. The second kappa shape index (κ2) is 6.81. The molecule has 1 aliphatic rings. The monoisotopic (exact) mass is 349 g/mol. The Balaban J connectivity index is 1.64. The smallest absolute Gasteiger partial charge is 0.258 e. The lowest BCUT2D eigenvalue weighted by molar-refractivity contribution is -0.126. The number of rotatable bonds is 5. The third-order valence-corrected chi connectivity index (χ3v) is 4.71. The lowest BCUT2D eigenvalue weighted by Gasteiger charge is -2.43. The van der Waals surface area contributed by atoms with Crippen LogP contribution in [0.25, 0.3) is 0 Å². The van der Waals surface area contributed by atoms with Gasteiger partial charge in [-0.3, -0.25) is 4.79 Å². The molecule has 1 fully saturated rings. The Morgan fingerprint density at radius 1 is 1.13 bits per heavy atom. The van der Waals surface area contributed by atoms with Gasteiger partial charge in [-0.05, 0) is 37.0 Å². The van der Waals surface area contributed by atoms with Gasteiger partial charge in [0.25, 0.3) is 5.91 Å². The van der Waals surface area contributed by atoms with Crippen molar-refractivity contribution < 1.29 is 9.53 Å². The summed E-state index contributed by atoms with van der Waals surface area (Å²) >= 11 is 11.9. The van der Waals surface area contributed by atoms with E-state index in [-0.39, 0.29) is 18.1 Å². The average molecular weight is 350 g/mol. The predicted molar refractivity (Wildman–Crippen MR) is 92.1 cm³/mol. The fourth-order valence-electron chi connectivity index (χ4n) is 2.81. The Labute approximate surface area is 145 Å². The molecule has 23 heavy (non-hydrogen) atoms. The summed E-state index contributed by atoms with van der Waals surface area (Å²) < 4.78 is 5.50. The number of carbonyl (C=O) groups excluding carboxylic acids is 1. The summed E-state index contributed by atoms with van der Waals surface area (Å²) in [5.74, 6) is 0.251. The van der Waals surface area contributed by atoms with E-state index in [4.69, 9.17) is 27.9 Å². The molecule has 0 aliphatic heterocycles. The fraction of sp³-hybridized carbons (Fsp3) is 0.278. The van der Waals surface area contributed by atoms with Crippen molar-refractivity contribution in [2.75, 3.05) is 6.61 Å². The zero-order valence-corrected chi connectivity index (χ0v) is 14.0. The minimum absolute atomic E-state index is 0.0886. The van der Waals surface area contributed by atoms with E-state index in [1.807, 2.05) is 30.3 Å². The molecule has 0 bridgehead atoms. The summed E-state index contributed by atoms with van der Waals surface area (Å²) in [5, 5.41) is 4.06. The highest BCUT2D eigenvalue weighted by Crippen LogP contribution is 2.41. The molecule has 0 heterocycles. The largest absolute Gasteiger partial charge is 0.482 e. The van der Waals surface area contributed by atoms with Gasteiger partial charge >= 0.3 is 0 Å². The van der Waals surface area contributed by atoms with E-state index in [2.05, 4.69) is 5.32 Å². The maximum Gasteiger partial charge on any atom is 0.258 e. The van der Waals surface area contributed by atoms with E-state index < -0.39 is 0 Å². The Morgan fingerprint density at radius 2 is 1.87 bits per heavy atom. The van der Waals surface area contributed by atoms with Crippen molar-refractivity contribution >= 4 is 29.1 Å². The van der Waals surface area contributed by atoms with Crippen molar-refractivity contribution in [2.24, 2.45) is 0 Å². The van der Waals surface area contributed by atoms with Crippen LogP contribution in [0, 0.1) is 0 Å². The zero-order valence-electron chi connectivity index (χ0n) is 12.5. The third kappa shape index (κ3) is 3.62. The molecule has 0 spiro atoms. The Bertz CT molecular complexity index is 699. The van der Waals surface area contributed by atoms with Gasteiger partial charge in [0, 0.05) is 11.1 Å². The predicted octanol–water partition coefficient (Wildman–Crippen LogP) is 4.57. The van der Waals surface area contributed by atoms with Gasteiger partial charge in [-0.15, -0.1) is 0 Å². The van der Waals surface area contributed by atoms with Gasteiger partial charge in [-0.1, -0.05) is 53.5 Å². The standard InChI is InChI=1S/C18H17Cl2NO2/c19-14-7-8-15(20)16(11-14)23-12-17(22)21-18(9-4-10-18)13-5-2-1-3-6-13/h1-3,5-8,11H,4,9-10,12H2,(H,21,22). The molecule has 1 aliphatic carbocycles. The molecule has 5 heteroatoms. The van der Waals surface area contributed by atoms with Crippen LogP contribution in [-0.2, 0) is 10.3 Å². The molecule has 1 amide bonds. The first kappa shape index (κ1) is 16.2. The summed E-state index contributed by atoms with van der Waals surface area (Å²) in [6.07, 6.45) is 3.00. The van der Waals surface area contributed by atoms with Gasteiger partial charge < -0.3 is 10.1 Å². The second-order valence-corrected chi connectivity index (χ2v) is 6.56. The summed E-state index contributed by atoms with van der Waals surface area (Å²) in [6, 6.07) is 15.0. The van der Waals surface area contributed by atoms with Crippen LogP contribution in [0.15, 0.2) is 48.5 Å². The average Bonchev–Trinajstić information content (AvgIpc) is 2.52. The van der Waals surface area contributed by atoms with E-state index in [0.29, 0.717) is 15.8 Å². The number of hydrogen-bond donors (Lipinski definition) is 1. The molecule has 0 radical (unpaired) electrons. The number of benzene rings is 2. The van der Waals surface area contributed by atoms with Crippen molar-refractivity contribution in [1.29, 1.82) is 0 Å². The summed E-state index contributed by atoms with van der Waals surface area (Å²) in [7, 11) is 0. The van der Waals surface area contributed by atoms with Gasteiger partial charge in [0.15, 0.2) is 6.61 Å². The number of halogens is 2. The van der Waals surface area contributed by atoms with E-state index in [1.165, 1.54) is 0 Å². The molecule has 120 valence electrons. The van der Waals surface area contributed by atoms with Gasteiger partial charge in [0.1, 0.15) is 5.75 Å². The Kier molecular flexibility index (Phi) is 4.79. The highest BCUT2D eigenvalue weighted by Gasteiger charge is 2.39. The molecule has 2 aromatic rings. The maximum absolute atomic E-state index is 12.3. The van der Waals surface area contributed by atoms with Crippen LogP contribution >= 0.6 is 23.2 Å². The SMILES string of the molecule is O=C(COc1cc(Cl)ccc1Cl)NC1(c2ccccc2)CCC1. The first-order chi connectivity index (χ1) is 11.1. The van der Waals surface area contributed by atoms with Crippen LogP contribution in [-0.4, -0.2) is 12.5 Å². The van der Waals surface area contributed by atoms with Crippen LogP contribution in [0.3, 0.4) is 0 Å². The molecule has 0 unspecified atom stereocenters. The highest BCUT2D eigenvalue weighted by molar-refractivity contribution is 6.34. The van der Waals surface area contributed by atoms with Crippen molar-refractivity contribution in [3.8, 4) is 5.75 Å². The van der Waals surface area contributed by atoms with Gasteiger partial charge in [0.2, 0.25) is 0 Å². The van der Waals surface area contributed by atoms with Gasteiger partial charge in [0.05, 0.1) is 10.6 Å². The number of amides is 1. The Hall–Kier alpha value is -1.71. The molecule has 1 N–H and O–H groups in total. The molecular formula is C18H17Cl2NO2. The Morgan fingerprint density at radius 3 is 2.52 bits per heavy atom. The van der Waals surface area contributed by atoms with Crippen molar-refractivity contribution in [2.45, 2.75) is 24.8 Å². The lowest BCUT2D eigenvalue weighted by Crippen LogP contribution is -2.52. The number of carbonyl (C=O) groups is 1. The van der Waals surface area contributed by atoms with Crippen LogP contribution in [0.5, 0.6) is 5.75 Å². The maximum atomic E-state index is 12.3. The molecular weight excluding hydrogens is 333 g/mol. The zero-order chi connectivity index (χ0) is 16.3. The molecule has 0 saturated heterocycles. The minimum Gasteiger partial charge on any atom is -0.482 e. The highest BCUT2D eigenvalue weighted by atomic mass is 35.5. The topological polar surface area (TPSA) is 38.3 Å². The molecule has 2 aromatic carbocycles. The van der Waals surface area contributed by atoms with Crippen LogP contribution in [0.4, 0.5) is 0 Å². The molecule has 3 rings (SSSR count). The number of ether oxygens (including phenoxy) is 1. The minimum atomic E-state index is -0.264. The van der Waals surface area contributed by atoms with E-state index in [9.17, 15) is 4.79 Å². The lowest BCUT2D eigenvalue weighted by atomic mass is 9.72. The van der Waals surface area contributed by atoms with Crippen LogP contribution in [0.1, 0.15) is 24.8 Å². The van der Waals surface area contributed by atoms with Gasteiger partial charge in [-0.25, -0.2) is 0 Å². The summed E-state index contributed by atoms with van der Waals surface area (Å²) in [5.41, 5.74) is 0.875. The summed E-state index contributed by atoms with van der Waals surface area (Å²) in [6.45, 7) is -0.0886. The van der Waals surface area contributed by atoms with Crippen molar-refractivity contribution in [3.63, 3.8) is 0 Å². The third-order valence-electron chi connectivity index (χ3n) is 4.16.